The first kappa shape index (κ1) is 20.3. The zero-order valence-corrected chi connectivity index (χ0v) is 19.2. The molecule has 0 unspecified atom stereocenters. The smallest absolute Gasteiger partial charge is 0.0264 e. The van der Waals surface area contributed by atoms with E-state index in [0.29, 0.717) is 10.8 Å². The lowest BCUT2D eigenvalue weighted by Crippen LogP contribution is -2.53. The largest absolute Gasteiger partial charge is 0.0628 e. The van der Waals surface area contributed by atoms with Crippen molar-refractivity contribution < 1.29 is 0 Å². The molecule has 0 amide bonds. The quantitative estimate of drug-likeness (QED) is 0.453. The maximum atomic E-state index is 2.75. The number of hydrogen-bond donors (Lipinski definition) is 0. The van der Waals surface area contributed by atoms with E-state index in [1.54, 1.807) is 51.4 Å². The Labute approximate surface area is 170 Å². The summed E-state index contributed by atoms with van der Waals surface area (Å²) in [4.78, 5) is 0. The highest BCUT2D eigenvalue weighted by molar-refractivity contribution is 5.09. The zero-order valence-electron chi connectivity index (χ0n) is 19.2. The van der Waals surface area contributed by atoms with E-state index in [0.717, 1.165) is 41.4 Å². The summed E-state index contributed by atoms with van der Waals surface area (Å²) in [6.07, 6.45) is 19.9. The normalized spacial score (nSPS) is 48.0. The molecule has 156 valence electrons. The van der Waals surface area contributed by atoms with E-state index in [-0.39, 0.29) is 0 Å². The summed E-state index contributed by atoms with van der Waals surface area (Å²) in [5, 5.41) is 0. The van der Waals surface area contributed by atoms with Gasteiger partial charge in [-0.15, -0.1) is 0 Å². The van der Waals surface area contributed by atoms with Gasteiger partial charge in [-0.3, -0.25) is 0 Å². The van der Waals surface area contributed by atoms with E-state index in [4.69, 9.17) is 0 Å². The van der Waals surface area contributed by atoms with Crippen molar-refractivity contribution in [1.82, 2.24) is 0 Å². The van der Waals surface area contributed by atoms with Crippen molar-refractivity contribution in [1.29, 1.82) is 0 Å². The van der Waals surface area contributed by atoms with Crippen LogP contribution in [0.2, 0.25) is 0 Å². The third-order valence-corrected chi connectivity index (χ3v) is 10.8. The minimum absolute atomic E-state index is 0.677. The first-order valence-electron chi connectivity index (χ1n) is 12.9. The summed E-state index contributed by atoms with van der Waals surface area (Å²) in [6.45, 7) is 12.9. The Balaban J connectivity index is 1.46. The minimum Gasteiger partial charge on any atom is -0.0628 e. The van der Waals surface area contributed by atoms with Gasteiger partial charge in [-0.1, -0.05) is 66.7 Å². The van der Waals surface area contributed by atoms with E-state index >= 15 is 0 Å². The molecule has 0 heterocycles. The predicted octanol–water partition coefficient (Wildman–Crippen LogP) is 8.50. The van der Waals surface area contributed by atoms with Gasteiger partial charge < -0.3 is 0 Å². The molecule has 4 aliphatic rings. The third-order valence-electron chi connectivity index (χ3n) is 10.8. The van der Waals surface area contributed by atoms with Gasteiger partial charge in [-0.05, 0) is 104 Å². The van der Waals surface area contributed by atoms with Gasteiger partial charge in [0.05, 0.1) is 0 Å². The molecule has 0 aromatic rings. The second-order valence-corrected chi connectivity index (χ2v) is 12.4. The lowest BCUT2D eigenvalue weighted by atomic mass is 9.44. The van der Waals surface area contributed by atoms with Crippen molar-refractivity contribution >= 4 is 0 Å². The maximum Gasteiger partial charge on any atom is -0.0264 e. The molecule has 0 heteroatoms. The van der Waals surface area contributed by atoms with Crippen LogP contribution in [0.15, 0.2) is 0 Å². The van der Waals surface area contributed by atoms with Crippen LogP contribution in [-0.2, 0) is 0 Å². The highest BCUT2D eigenvalue weighted by atomic mass is 14.6. The summed E-state index contributed by atoms with van der Waals surface area (Å²) >= 11 is 0. The molecule has 4 rings (SSSR count). The van der Waals surface area contributed by atoms with E-state index in [2.05, 4.69) is 34.6 Å². The maximum absolute atomic E-state index is 2.75. The van der Waals surface area contributed by atoms with Gasteiger partial charge in [-0.25, -0.2) is 0 Å². The van der Waals surface area contributed by atoms with E-state index < -0.39 is 0 Å². The molecular formula is C27H48. The van der Waals surface area contributed by atoms with Gasteiger partial charge >= 0.3 is 0 Å². The van der Waals surface area contributed by atoms with Crippen molar-refractivity contribution in [3.05, 3.63) is 0 Å². The summed E-state index contributed by atoms with van der Waals surface area (Å²) in [6, 6.07) is 0. The second kappa shape index (κ2) is 7.68. The summed E-state index contributed by atoms with van der Waals surface area (Å²) < 4.78 is 0. The average Bonchev–Trinajstić information content (AvgIpc) is 2.98. The molecule has 4 aliphatic carbocycles. The van der Waals surface area contributed by atoms with Gasteiger partial charge in [0.25, 0.3) is 0 Å². The summed E-state index contributed by atoms with van der Waals surface area (Å²) in [7, 11) is 0. The van der Waals surface area contributed by atoms with Crippen molar-refractivity contribution in [2.24, 2.45) is 52.3 Å². The van der Waals surface area contributed by atoms with Crippen molar-refractivity contribution in [3.8, 4) is 0 Å². The first-order valence-corrected chi connectivity index (χ1v) is 12.9. The van der Waals surface area contributed by atoms with Gasteiger partial charge in [0.15, 0.2) is 0 Å². The SMILES string of the molecule is CC(C)CCC[C@@H](C)[C@H]1CC[C@H]2[C@@H]3CC[C@@H]4CCCC[C@]4(C)[C@@H]3CC[C@]12C. The number of fused-ring (bicyclic) bond motifs is 5. The Kier molecular flexibility index (Phi) is 5.77. The van der Waals surface area contributed by atoms with Crippen LogP contribution in [0.25, 0.3) is 0 Å². The fourth-order valence-corrected chi connectivity index (χ4v) is 9.32. The lowest BCUT2D eigenvalue weighted by Gasteiger charge is -2.61. The fourth-order valence-electron chi connectivity index (χ4n) is 9.32. The van der Waals surface area contributed by atoms with Crippen LogP contribution < -0.4 is 0 Å². The molecule has 4 fully saturated rings. The summed E-state index contributed by atoms with van der Waals surface area (Å²) in [5.41, 5.74) is 1.39. The third kappa shape index (κ3) is 3.44. The van der Waals surface area contributed by atoms with Gasteiger partial charge in [-0.2, -0.15) is 0 Å². The predicted molar refractivity (Wildman–Crippen MR) is 118 cm³/mol. The second-order valence-electron chi connectivity index (χ2n) is 12.4. The molecular weight excluding hydrogens is 324 g/mol. The standard InChI is InChI=1S/C27H48/c1-19(2)9-8-10-20(3)23-14-15-24-22-13-12-21-11-6-7-17-26(21,4)25(22)16-18-27(23,24)5/h19-25H,6-18H2,1-5H3/t20-,21+,22+,23-,24+,25-,26+,27-/m1/s1. The van der Waals surface area contributed by atoms with E-state index in [1.165, 1.54) is 32.1 Å². The molecule has 27 heavy (non-hydrogen) atoms. The molecule has 4 saturated carbocycles. The van der Waals surface area contributed by atoms with Gasteiger partial charge in [0, 0.05) is 0 Å². The molecule has 0 bridgehead atoms. The Hall–Kier alpha value is 0. The first-order chi connectivity index (χ1) is 12.9. The van der Waals surface area contributed by atoms with Crippen LogP contribution in [0.1, 0.15) is 118 Å². The highest BCUT2D eigenvalue weighted by Crippen LogP contribution is 2.68. The molecule has 0 aromatic carbocycles. The molecule has 0 radical (unpaired) electrons. The Morgan fingerprint density at radius 3 is 2.30 bits per heavy atom. The van der Waals surface area contributed by atoms with Crippen LogP contribution in [0, 0.1) is 52.3 Å². The monoisotopic (exact) mass is 372 g/mol. The number of hydrogen-bond acceptors (Lipinski definition) is 0. The molecule has 8 atom stereocenters. The number of rotatable bonds is 5. The van der Waals surface area contributed by atoms with Gasteiger partial charge in [0.2, 0.25) is 0 Å². The molecule has 0 nitrogen and oxygen atoms in total. The molecule has 0 aromatic heterocycles. The van der Waals surface area contributed by atoms with E-state index in [1.807, 2.05) is 0 Å². The van der Waals surface area contributed by atoms with E-state index in [9.17, 15) is 0 Å². The zero-order chi connectivity index (χ0) is 19.2. The van der Waals surface area contributed by atoms with Crippen LogP contribution in [0.4, 0.5) is 0 Å². The van der Waals surface area contributed by atoms with Crippen LogP contribution >= 0.6 is 0 Å². The van der Waals surface area contributed by atoms with Crippen molar-refractivity contribution in [3.63, 3.8) is 0 Å². The van der Waals surface area contributed by atoms with Crippen molar-refractivity contribution in [2.75, 3.05) is 0 Å². The average molecular weight is 373 g/mol. The molecule has 0 N–H and O–H groups in total. The van der Waals surface area contributed by atoms with Crippen LogP contribution in [0.3, 0.4) is 0 Å². The van der Waals surface area contributed by atoms with Crippen LogP contribution in [0.5, 0.6) is 0 Å². The topological polar surface area (TPSA) is 0 Å². The fraction of sp³-hybridized carbons (Fsp3) is 1.00. The molecule has 0 aliphatic heterocycles. The highest BCUT2D eigenvalue weighted by Gasteiger charge is 2.59. The van der Waals surface area contributed by atoms with Crippen LogP contribution in [-0.4, -0.2) is 0 Å². The van der Waals surface area contributed by atoms with Gasteiger partial charge in [0.1, 0.15) is 0 Å². The Morgan fingerprint density at radius 2 is 1.52 bits per heavy atom. The minimum atomic E-state index is 0.677. The summed E-state index contributed by atoms with van der Waals surface area (Å²) in [5.74, 6) is 7.15. The Morgan fingerprint density at radius 1 is 0.741 bits per heavy atom. The lowest BCUT2D eigenvalue weighted by molar-refractivity contribution is -0.114. The molecule has 0 saturated heterocycles. The van der Waals surface area contributed by atoms with Crippen molar-refractivity contribution in [2.45, 2.75) is 118 Å². The Bertz CT molecular complexity index is 506. The molecule has 0 spiro atoms.